The maximum atomic E-state index is 7.30. The van der Waals surface area contributed by atoms with Gasteiger partial charge in [-0.25, -0.2) is 4.85 Å². The van der Waals surface area contributed by atoms with Crippen LogP contribution in [0.5, 0.6) is 0 Å². The van der Waals surface area contributed by atoms with Gasteiger partial charge in [0.2, 0.25) is 5.69 Å². The molecule has 0 saturated carbocycles. The van der Waals surface area contributed by atoms with Crippen LogP contribution in [-0.4, -0.2) is 24.0 Å². The Balaban J connectivity index is 1.58. The molecule has 0 amide bonds. The molecule has 1 aliphatic rings. The summed E-state index contributed by atoms with van der Waals surface area (Å²) in [7, 11) is 0. The molecule has 1 atom stereocenters. The van der Waals surface area contributed by atoms with E-state index < -0.39 is 0 Å². The molecule has 1 aliphatic heterocycles. The molecule has 0 spiro atoms. The van der Waals surface area contributed by atoms with E-state index in [0.717, 1.165) is 43.3 Å². The highest BCUT2D eigenvalue weighted by molar-refractivity contribution is 6.33. The second-order valence-corrected chi connectivity index (χ2v) is 8.95. The third kappa shape index (κ3) is 5.22. The molecule has 0 N–H and O–H groups in total. The van der Waals surface area contributed by atoms with Crippen molar-refractivity contribution in [2.45, 2.75) is 32.5 Å². The summed E-state index contributed by atoms with van der Waals surface area (Å²) in [6, 6.07) is 22.8. The first-order valence-electron chi connectivity index (χ1n) is 10.5. The summed E-state index contributed by atoms with van der Waals surface area (Å²) in [6.07, 6.45) is 1.08. The third-order valence-electron chi connectivity index (χ3n) is 5.97. The van der Waals surface area contributed by atoms with Gasteiger partial charge in [0, 0.05) is 48.0 Å². The van der Waals surface area contributed by atoms with Crippen LogP contribution in [0.25, 0.3) is 4.85 Å². The Hall–Kier alpha value is -2.51. The Labute approximate surface area is 194 Å². The maximum absolute atomic E-state index is 7.30. The van der Waals surface area contributed by atoms with E-state index >= 15 is 0 Å². The minimum absolute atomic E-state index is 0.369. The third-order valence-corrected chi connectivity index (χ3v) is 6.51. The zero-order valence-electron chi connectivity index (χ0n) is 17.6. The normalized spacial score (nSPS) is 16.3. The molecule has 3 aromatic rings. The molecule has 0 bridgehead atoms. The monoisotopic (exact) mass is 449 g/mol. The van der Waals surface area contributed by atoms with E-state index in [9.17, 15) is 0 Å². The molecular weight excluding hydrogens is 425 g/mol. The predicted octanol–water partition coefficient (Wildman–Crippen LogP) is 7.13. The number of likely N-dealkylation sites (tertiary alicyclic amines) is 1. The zero-order chi connectivity index (χ0) is 21.8. The van der Waals surface area contributed by atoms with Gasteiger partial charge in [-0.2, -0.15) is 0 Å². The Morgan fingerprint density at radius 3 is 2.65 bits per heavy atom. The summed E-state index contributed by atoms with van der Waals surface area (Å²) in [4.78, 5) is 8.44. The molecule has 3 nitrogen and oxygen atoms in total. The largest absolute Gasteiger partial charge is 0.363 e. The van der Waals surface area contributed by atoms with E-state index in [1.54, 1.807) is 0 Å². The lowest BCUT2D eigenvalue weighted by Crippen LogP contribution is -2.37. The van der Waals surface area contributed by atoms with Crippen LogP contribution in [0.15, 0.2) is 66.7 Å². The van der Waals surface area contributed by atoms with Gasteiger partial charge in [-0.3, -0.25) is 4.90 Å². The van der Waals surface area contributed by atoms with Gasteiger partial charge in [0.05, 0.1) is 6.57 Å². The Kier molecular flexibility index (Phi) is 6.83. The van der Waals surface area contributed by atoms with Crippen LogP contribution in [0.4, 0.5) is 11.4 Å². The first-order chi connectivity index (χ1) is 15.0. The van der Waals surface area contributed by atoms with Gasteiger partial charge in [-0.05, 0) is 54.3 Å². The predicted molar refractivity (Wildman–Crippen MR) is 130 cm³/mol. The highest BCUT2D eigenvalue weighted by Crippen LogP contribution is 2.33. The van der Waals surface area contributed by atoms with Crippen molar-refractivity contribution in [3.05, 3.63) is 105 Å². The summed E-state index contributed by atoms with van der Waals surface area (Å²) in [5.41, 5.74) is 5.39. The van der Waals surface area contributed by atoms with Crippen LogP contribution in [-0.2, 0) is 13.1 Å². The first-order valence-corrected chi connectivity index (χ1v) is 11.2. The number of hydrogen-bond acceptors (Lipinski definition) is 2. The second kappa shape index (κ2) is 9.75. The van der Waals surface area contributed by atoms with E-state index in [-0.39, 0.29) is 0 Å². The number of halogens is 2. The maximum Gasteiger partial charge on any atom is 0.205 e. The van der Waals surface area contributed by atoms with Crippen LogP contribution in [0.1, 0.15) is 23.1 Å². The van der Waals surface area contributed by atoms with Crippen LogP contribution in [0.3, 0.4) is 0 Å². The fraction of sp³-hybridized carbons (Fsp3) is 0.269. The minimum Gasteiger partial charge on any atom is -0.363 e. The minimum atomic E-state index is 0.369. The van der Waals surface area contributed by atoms with E-state index in [2.05, 4.69) is 51.9 Å². The van der Waals surface area contributed by atoms with E-state index in [0.29, 0.717) is 16.8 Å². The smallest absolute Gasteiger partial charge is 0.205 e. The molecule has 4 rings (SSSR count). The van der Waals surface area contributed by atoms with E-state index in [1.165, 1.54) is 16.7 Å². The molecule has 5 heteroatoms. The quantitative estimate of drug-likeness (QED) is 0.370. The average molecular weight is 450 g/mol. The first kappa shape index (κ1) is 21.7. The summed E-state index contributed by atoms with van der Waals surface area (Å²) < 4.78 is 0. The fourth-order valence-corrected chi connectivity index (χ4v) is 4.70. The molecule has 0 aromatic heterocycles. The fourth-order valence-electron chi connectivity index (χ4n) is 4.27. The van der Waals surface area contributed by atoms with Crippen LogP contribution in [0, 0.1) is 13.5 Å². The van der Waals surface area contributed by atoms with Gasteiger partial charge in [0.1, 0.15) is 0 Å². The molecular formula is C26H25Cl2N3. The van der Waals surface area contributed by atoms with Crippen molar-refractivity contribution in [1.29, 1.82) is 0 Å². The van der Waals surface area contributed by atoms with Gasteiger partial charge in [0.15, 0.2) is 0 Å². The summed E-state index contributed by atoms with van der Waals surface area (Å²) >= 11 is 12.6. The van der Waals surface area contributed by atoms with Gasteiger partial charge in [-0.1, -0.05) is 65.7 Å². The van der Waals surface area contributed by atoms with Crippen molar-refractivity contribution >= 4 is 34.6 Å². The van der Waals surface area contributed by atoms with Crippen molar-refractivity contribution < 1.29 is 0 Å². The van der Waals surface area contributed by atoms with Crippen molar-refractivity contribution in [3.63, 3.8) is 0 Å². The van der Waals surface area contributed by atoms with Crippen molar-refractivity contribution in [2.24, 2.45) is 0 Å². The molecule has 0 aliphatic carbocycles. The SMILES string of the molecule is [C-]#[N+]c1ccc(N(Cc2ccccc2C)[C@H]2CCN(Cc3cccc(Cl)c3)C2)cc1Cl. The molecule has 158 valence electrons. The number of anilines is 1. The molecule has 1 fully saturated rings. The molecule has 31 heavy (non-hydrogen) atoms. The summed E-state index contributed by atoms with van der Waals surface area (Å²) in [6.45, 7) is 13.2. The molecule has 3 aromatic carbocycles. The summed E-state index contributed by atoms with van der Waals surface area (Å²) in [5.74, 6) is 0. The van der Waals surface area contributed by atoms with Crippen molar-refractivity contribution in [2.75, 3.05) is 18.0 Å². The van der Waals surface area contributed by atoms with E-state index in [4.69, 9.17) is 29.8 Å². The van der Waals surface area contributed by atoms with Crippen molar-refractivity contribution in [1.82, 2.24) is 4.90 Å². The highest BCUT2D eigenvalue weighted by Gasteiger charge is 2.28. The highest BCUT2D eigenvalue weighted by atomic mass is 35.5. The lowest BCUT2D eigenvalue weighted by molar-refractivity contribution is 0.325. The Morgan fingerprint density at radius 2 is 1.90 bits per heavy atom. The number of nitrogens with zero attached hydrogens (tertiary/aromatic N) is 3. The summed E-state index contributed by atoms with van der Waals surface area (Å²) in [5, 5.41) is 1.29. The number of aryl methyl sites for hydroxylation is 1. The van der Waals surface area contributed by atoms with Gasteiger partial charge in [-0.15, -0.1) is 0 Å². The Bertz CT molecular complexity index is 1110. The topological polar surface area (TPSA) is 10.8 Å². The standard InChI is InChI=1S/C26H25Cl2N3/c1-19-6-3-4-8-21(19)17-31(23-10-11-26(29-2)25(28)15-23)24-12-13-30(18-24)16-20-7-5-9-22(27)14-20/h3-11,14-15,24H,12-13,16-18H2,1H3/t24-/m0/s1. The lowest BCUT2D eigenvalue weighted by atomic mass is 10.1. The second-order valence-electron chi connectivity index (χ2n) is 8.11. The number of benzene rings is 3. The molecule has 1 saturated heterocycles. The van der Waals surface area contributed by atoms with E-state index in [1.807, 2.05) is 36.4 Å². The van der Waals surface area contributed by atoms with Crippen LogP contribution in [0.2, 0.25) is 10.0 Å². The Morgan fingerprint density at radius 1 is 1.06 bits per heavy atom. The molecule has 0 unspecified atom stereocenters. The van der Waals surface area contributed by atoms with Gasteiger partial charge >= 0.3 is 0 Å². The van der Waals surface area contributed by atoms with Crippen LogP contribution < -0.4 is 4.90 Å². The number of rotatable bonds is 6. The van der Waals surface area contributed by atoms with Gasteiger partial charge < -0.3 is 4.90 Å². The lowest BCUT2D eigenvalue weighted by Gasteiger charge is -2.32. The average Bonchev–Trinajstić information content (AvgIpc) is 3.21. The molecule has 0 radical (unpaired) electrons. The van der Waals surface area contributed by atoms with Crippen LogP contribution >= 0.6 is 23.2 Å². The number of hydrogen-bond donors (Lipinski definition) is 0. The van der Waals surface area contributed by atoms with Crippen molar-refractivity contribution in [3.8, 4) is 0 Å². The zero-order valence-corrected chi connectivity index (χ0v) is 19.1. The molecule has 1 heterocycles. The van der Waals surface area contributed by atoms with Gasteiger partial charge in [0.25, 0.3) is 0 Å².